The predicted molar refractivity (Wildman–Crippen MR) is 66.1 cm³/mol. The SMILES string of the molecule is CCC(C)C(N[13C](=[18O])C(C)C)C(=O)C(C)C. The summed E-state index contributed by atoms with van der Waals surface area (Å²) in [5.74, 6) is 0.165. The summed E-state index contributed by atoms with van der Waals surface area (Å²) in [4.78, 5) is 23.6. The molecule has 1 amide bonds. The predicted octanol–water partition coefficient (Wildman–Crippen LogP) is 2.40. The molecule has 2 atom stereocenters. The Morgan fingerprint density at radius 1 is 1.12 bits per heavy atom. The van der Waals surface area contributed by atoms with E-state index in [1.165, 1.54) is 0 Å². The number of carbonyl (C=O) groups is 2. The quantitative estimate of drug-likeness (QED) is 0.562. The monoisotopic (exact) mass is 230 g/mol. The second-order valence-corrected chi connectivity index (χ2v) is 5.08. The Labute approximate surface area is 99.0 Å². The van der Waals surface area contributed by atoms with Crippen molar-refractivity contribution in [1.82, 2.24) is 5.32 Å². The minimum absolute atomic E-state index is 0.0357. The van der Waals surface area contributed by atoms with E-state index >= 15 is 0 Å². The first-order valence-electron chi connectivity index (χ1n) is 6.15. The summed E-state index contributed by atoms with van der Waals surface area (Å²) >= 11 is 0. The molecule has 0 aromatic heterocycles. The molecule has 0 saturated heterocycles. The lowest BCUT2D eigenvalue weighted by atomic mass is 9.90. The van der Waals surface area contributed by atoms with Gasteiger partial charge in [-0.05, 0) is 5.92 Å². The molecule has 0 aliphatic rings. The largest absolute Gasteiger partial charge is 0.346 e. The summed E-state index contributed by atoms with van der Waals surface area (Å²) in [5, 5.41) is 2.86. The van der Waals surface area contributed by atoms with Crippen molar-refractivity contribution < 1.29 is 9.59 Å². The van der Waals surface area contributed by atoms with Crippen molar-refractivity contribution in [2.75, 3.05) is 0 Å². The second kappa shape index (κ2) is 6.66. The zero-order chi connectivity index (χ0) is 12.9. The number of carbonyl (C=O) groups excluding carboxylic acids is 2. The van der Waals surface area contributed by atoms with Crippen LogP contribution in [0.1, 0.15) is 48.0 Å². The van der Waals surface area contributed by atoms with Crippen molar-refractivity contribution >= 4 is 11.7 Å². The van der Waals surface area contributed by atoms with Gasteiger partial charge in [-0.25, -0.2) is 0 Å². The molecule has 3 nitrogen and oxygen atoms in total. The standard InChI is InChI=1S/C13H25NO2/c1-7-10(6)11(12(15)8(2)3)14-13(16)9(4)5/h8-11H,7H2,1-6H3,(H,14,16)/i13+1,16+2. The highest BCUT2D eigenvalue weighted by Gasteiger charge is 2.27. The summed E-state index contributed by atoms with van der Waals surface area (Å²) in [5.41, 5.74) is 0. The van der Waals surface area contributed by atoms with Crippen LogP contribution in [0.2, 0.25) is 0 Å². The second-order valence-electron chi connectivity index (χ2n) is 5.08. The number of Topliss-reactive ketones (excluding diaryl/α,β-unsaturated/α-hetero) is 1. The summed E-state index contributed by atoms with van der Waals surface area (Å²) in [7, 11) is 0. The summed E-state index contributed by atoms with van der Waals surface area (Å²) in [6.45, 7) is 11.5. The van der Waals surface area contributed by atoms with Crippen molar-refractivity contribution in [3.8, 4) is 0 Å². The first kappa shape index (κ1) is 15.1. The van der Waals surface area contributed by atoms with Gasteiger partial charge in [0, 0.05) is 11.8 Å². The molecule has 3 heteroatoms. The smallest absolute Gasteiger partial charge is 0.223 e. The minimum atomic E-state index is -0.333. The van der Waals surface area contributed by atoms with Gasteiger partial charge in [-0.3, -0.25) is 9.59 Å². The van der Waals surface area contributed by atoms with Gasteiger partial charge in [0.15, 0.2) is 5.78 Å². The molecule has 2 unspecified atom stereocenters. The first-order chi connectivity index (χ1) is 7.31. The third kappa shape index (κ3) is 4.33. The van der Waals surface area contributed by atoms with Gasteiger partial charge in [-0.2, -0.15) is 0 Å². The average Bonchev–Trinajstić information content (AvgIpc) is 2.23. The van der Waals surface area contributed by atoms with E-state index in [1.54, 1.807) is 0 Å². The third-order valence-electron chi connectivity index (χ3n) is 2.91. The van der Waals surface area contributed by atoms with Gasteiger partial charge in [0.05, 0.1) is 6.04 Å². The van der Waals surface area contributed by atoms with Gasteiger partial charge in [0.1, 0.15) is 0 Å². The van der Waals surface area contributed by atoms with Crippen molar-refractivity contribution in [2.45, 2.75) is 54.0 Å². The van der Waals surface area contributed by atoms with E-state index in [9.17, 15) is 9.59 Å². The van der Waals surface area contributed by atoms with Crippen LogP contribution in [0.5, 0.6) is 0 Å². The normalized spacial score (nSPS) is 15.0. The Hall–Kier alpha value is -0.860. The number of amides is 1. The average molecular weight is 230 g/mol. The van der Waals surface area contributed by atoms with Crippen molar-refractivity contribution in [2.24, 2.45) is 17.8 Å². The molecule has 0 saturated carbocycles. The van der Waals surface area contributed by atoms with Crippen LogP contribution in [0.3, 0.4) is 0 Å². The molecular weight excluding hydrogens is 205 g/mol. The maximum Gasteiger partial charge on any atom is 0.223 e. The molecule has 0 aromatic rings. The molecular formula is C13H25NO2. The Bertz CT molecular complexity index is 246. The lowest BCUT2D eigenvalue weighted by Crippen LogP contribution is -2.48. The number of hydrogen-bond acceptors (Lipinski definition) is 2. The topological polar surface area (TPSA) is 46.2 Å². The van der Waals surface area contributed by atoms with E-state index in [0.29, 0.717) is 0 Å². The minimum Gasteiger partial charge on any atom is -0.346 e. The van der Waals surface area contributed by atoms with Gasteiger partial charge in [-0.15, -0.1) is 0 Å². The Balaban J connectivity index is 4.69. The van der Waals surface area contributed by atoms with Gasteiger partial charge in [-0.1, -0.05) is 48.0 Å². The third-order valence-corrected chi connectivity index (χ3v) is 2.91. The van der Waals surface area contributed by atoms with Crippen LogP contribution in [0.15, 0.2) is 0 Å². The fourth-order valence-electron chi connectivity index (χ4n) is 1.41. The van der Waals surface area contributed by atoms with Crippen LogP contribution in [-0.2, 0) is 9.59 Å². The Morgan fingerprint density at radius 2 is 1.62 bits per heavy atom. The lowest BCUT2D eigenvalue weighted by Gasteiger charge is -2.25. The molecule has 0 fully saturated rings. The Morgan fingerprint density at radius 3 is 1.94 bits per heavy atom. The highest BCUT2D eigenvalue weighted by molar-refractivity contribution is 5.90. The number of rotatable bonds is 6. The molecule has 16 heavy (non-hydrogen) atoms. The molecule has 94 valence electrons. The highest BCUT2D eigenvalue weighted by Crippen LogP contribution is 2.13. The maximum absolute atomic E-state index is 12.0. The van der Waals surface area contributed by atoms with Gasteiger partial charge < -0.3 is 5.32 Å². The van der Waals surface area contributed by atoms with Crippen LogP contribution in [0.4, 0.5) is 0 Å². The molecule has 1 N–H and O–H groups in total. The Kier molecular flexibility index (Phi) is 6.31. The van der Waals surface area contributed by atoms with E-state index in [4.69, 9.17) is 0 Å². The number of ketones is 1. The van der Waals surface area contributed by atoms with E-state index in [2.05, 4.69) is 5.32 Å². The molecule has 0 spiro atoms. The summed E-state index contributed by atoms with van der Waals surface area (Å²) in [6.07, 6.45) is 0.890. The van der Waals surface area contributed by atoms with Crippen LogP contribution < -0.4 is 5.32 Å². The van der Waals surface area contributed by atoms with Crippen LogP contribution >= 0.6 is 0 Å². The zero-order valence-electron chi connectivity index (χ0n) is 11.3. The molecule has 0 heterocycles. The molecule has 0 aromatic carbocycles. The van der Waals surface area contributed by atoms with E-state index < -0.39 is 0 Å². The van der Waals surface area contributed by atoms with Crippen molar-refractivity contribution in [1.29, 1.82) is 0 Å². The van der Waals surface area contributed by atoms with E-state index in [0.717, 1.165) is 6.42 Å². The maximum atomic E-state index is 12.0. The molecule has 0 aliphatic carbocycles. The van der Waals surface area contributed by atoms with Crippen molar-refractivity contribution in [3.63, 3.8) is 0 Å². The van der Waals surface area contributed by atoms with Crippen LogP contribution in [0, 0.1) is 17.8 Å². The van der Waals surface area contributed by atoms with E-state index in [-0.39, 0.29) is 35.5 Å². The van der Waals surface area contributed by atoms with Crippen LogP contribution in [-0.4, -0.2) is 17.7 Å². The number of hydrogen-bond donors (Lipinski definition) is 1. The lowest BCUT2D eigenvalue weighted by molar-refractivity contribution is -0.132. The molecule has 0 bridgehead atoms. The van der Waals surface area contributed by atoms with Gasteiger partial charge in [0.2, 0.25) is 5.91 Å². The fraction of sp³-hybridized carbons (Fsp3) is 0.846. The fourth-order valence-corrected chi connectivity index (χ4v) is 1.41. The first-order valence-corrected chi connectivity index (χ1v) is 6.15. The molecule has 0 radical (unpaired) electrons. The van der Waals surface area contributed by atoms with Crippen molar-refractivity contribution in [3.05, 3.63) is 0 Å². The zero-order valence-corrected chi connectivity index (χ0v) is 11.3. The molecule has 0 aliphatic heterocycles. The summed E-state index contributed by atoms with van der Waals surface area (Å²) < 4.78 is 0. The van der Waals surface area contributed by atoms with Gasteiger partial charge >= 0.3 is 0 Å². The number of nitrogens with one attached hydrogen (secondary N) is 1. The highest BCUT2D eigenvalue weighted by atomic mass is 18.1. The van der Waals surface area contributed by atoms with Crippen LogP contribution in [0.25, 0.3) is 0 Å². The van der Waals surface area contributed by atoms with E-state index in [1.807, 2.05) is 41.5 Å². The van der Waals surface area contributed by atoms with Gasteiger partial charge in [0.25, 0.3) is 0 Å². The molecule has 0 rings (SSSR count). The summed E-state index contributed by atoms with van der Waals surface area (Å²) in [6, 6.07) is -0.333.